The molecule has 0 radical (unpaired) electrons. The van der Waals surface area contributed by atoms with E-state index in [-0.39, 0.29) is 18.6 Å². The normalized spacial score (nSPS) is 14.4. The zero-order chi connectivity index (χ0) is 31.1. The van der Waals surface area contributed by atoms with Crippen molar-refractivity contribution in [3.05, 3.63) is 134 Å². The second-order valence-electron chi connectivity index (χ2n) is 10.9. The molecular weight excluding hydrogens is 673 g/mol. The van der Waals surface area contributed by atoms with E-state index in [4.69, 9.17) is 32.7 Å². The summed E-state index contributed by atoms with van der Waals surface area (Å²) < 4.78 is 12.6. The molecule has 0 aliphatic carbocycles. The first-order valence-corrected chi connectivity index (χ1v) is 16.1. The van der Waals surface area contributed by atoms with Crippen LogP contribution in [0.3, 0.4) is 0 Å². The maximum atomic E-state index is 14.1. The van der Waals surface area contributed by atoms with Gasteiger partial charge in [-0.1, -0.05) is 87.7 Å². The van der Waals surface area contributed by atoms with Crippen LogP contribution in [0.2, 0.25) is 10.0 Å². The second kappa shape index (κ2) is 12.3. The van der Waals surface area contributed by atoms with Gasteiger partial charge in [-0.05, 0) is 70.8 Å². The van der Waals surface area contributed by atoms with Gasteiger partial charge in [0.2, 0.25) is 0 Å². The lowest BCUT2D eigenvalue weighted by Gasteiger charge is -2.36. The fourth-order valence-corrected chi connectivity index (χ4v) is 6.76. The zero-order valence-corrected chi connectivity index (χ0v) is 27.3. The van der Waals surface area contributed by atoms with Crippen LogP contribution in [0.1, 0.15) is 28.4 Å². The summed E-state index contributed by atoms with van der Waals surface area (Å²) in [6.07, 6.45) is 0.709. The average molecular weight is 701 g/mol. The molecule has 9 heteroatoms. The van der Waals surface area contributed by atoms with Gasteiger partial charge in [0, 0.05) is 45.8 Å². The molecule has 0 spiro atoms. The number of halogens is 3. The Morgan fingerprint density at radius 1 is 0.933 bits per heavy atom. The van der Waals surface area contributed by atoms with Gasteiger partial charge in [-0.15, -0.1) is 0 Å². The standard InChI is InChI=1S/C36H28BrCl2N3O3/c1-44-24-12-14-32-29(18-24)27-15-16-42(35(34(27)41-32)28-8-4-6-21-5-2-3-7-26(21)28)36(43)40-20-22-9-10-23(37)17-33(22)45-25-11-13-30(38)31(39)19-25/h2-14,17-19,35,41H,15-16,20H2,1H3,(H,40,43). The molecular formula is C36H28BrCl2N3O3. The molecule has 6 nitrogen and oxygen atoms in total. The number of rotatable bonds is 6. The van der Waals surface area contributed by atoms with Crippen LogP contribution in [0, 0.1) is 0 Å². The smallest absolute Gasteiger partial charge is 0.318 e. The van der Waals surface area contributed by atoms with E-state index in [0.717, 1.165) is 48.7 Å². The number of H-pyrrole nitrogens is 1. The number of hydrogen-bond acceptors (Lipinski definition) is 3. The molecule has 6 aromatic rings. The van der Waals surface area contributed by atoms with Crippen LogP contribution in [0.4, 0.5) is 4.79 Å². The average Bonchev–Trinajstić information content (AvgIpc) is 3.43. The number of urea groups is 1. The fraction of sp³-hybridized carbons (Fsp3) is 0.139. The predicted octanol–water partition coefficient (Wildman–Crippen LogP) is 10.0. The van der Waals surface area contributed by atoms with Crippen LogP contribution in [-0.2, 0) is 13.0 Å². The van der Waals surface area contributed by atoms with Crippen LogP contribution in [0.5, 0.6) is 17.2 Å². The van der Waals surface area contributed by atoms with Gasteiger partial charge in [0.25, 0.3) is 0 Å². The minimum atomic E-state index is -0.324. The van der Waals surface area contributed by atoms with Gasteiger partial charge in [0.05, 0.1) is 23.2 Å². The van der Waals surface area contributed by atoms with Crippen LogP contribution >= 0.6 is 39.1 Å². The Morgan fingerprint density at radius 3 is 2.60 bits per heavy atom. The summed E-state index contributed by atoms with van der Waals surface area (Å²) in [4.78, 5) is 19.7. The molecule has 0 saturated heterocycles. The largest absolute Gasteiger partial charge is 0.497 e. The number of fused-ring (bicyclic) bond motifs is 4. The first-order chi connectivity index (χ1) is 21.9. The predicted molar refractivity (Wildman–Crippen MR) is 184 cm³/mol. The molecule has 2 N–H and O–H groups in total. The number of amides is 2. The minimum absolute atomic E-state index is 0.168. The number of hydrogen-bond donors (Lipinski definition) is 2. The number of nitrogens with one attached hydrogen (secondary N) is 2. The van der Waals surface area contributed by atoms with Gasteiger partial charge >= 0.3 is 6.03 Å². The molecule has 226 valence electrons. The maximum Gasteiger partial charge on any atom is 0.318 e. The molecule has 1 unspecified atom stereocenters. The summed E-state index contributed by atoms with van der Waals surface area (Å²) in [5.41, 5.74) is 5.12. The molecule has 7 rings (SSSR count). The molecule has 0 fully saturated rings. The van der Waals surface area contributed by atoms with E-state index >= 15 is 0 Å². The highest BCUT2D eigenvalue weighted by atomic mass is 79.9. The molecule has 1 aromatic heterocycles. The number of carbonyl (C=O) groups is 1. The SMILES string of the molecule is COc1ccc2[nH]c3c(c2c1)CCN(C(=O)NCc1ccc(Br)cc1Oc1ccc(Cl)c(Cl)c1)C3c1cccc2ccccc12. The summed E-state index contributed by atoms with van der Waals surface area (Å²) in [6.45, 7) is 0.808. The lowest BCUT2D eigenvalue weighted by atomic mass is 9.89. The van der Waals surface area contributed by atoms with E-state index < -0.39 is 0 Å². The Hall–Kier alpha value is -4.17. The lowest BCUT2D eigenvalue weighted by molar-refractivity contribution is 0.179. The van der Waals surface area contributed by atoms with Crippen LogP contribution < -0.4 is 14.8 Å². The molecule has 1 aliphatic rings. The lowest BCUT2D eigenvalue weighted by Crippen LogP contribution is -2.45. The number of methoxy groups -OCH3 is 1. The van der Waals surface area contributed by atoms with Crippen molar-refractivity contribution in [3.8, 4) is 17.2 Å². The third-order valence-corrected chi connectivity index (χ3v) is 9.52. The number of nitrogens with zero attached hydrogens (tertiary/aromatic N) is 1. The van der Waals surface area contributed by atoms with Crippen molar-refractivity contribution >= 4 is 66.8 Å². The van der Waals surface area contributed by atoms with Crippen molar-refractivity contribution in [3.63, 3.8) is 0 Å². The van der Waals surface area contributed by atoms with Gasteiger partial charge in [-0.2, -0.15) is 0 Å². The summed E-state index contributed by atoms with van der Waals surface area (Å²) in [5, 5.41) is 7.38. The van der Waals surface area contributed by atoms with Gasteiger partial charge in [0.15, 0.2) is 0 Å². The van der Waals surface area contributed by atoms with Crippen molar-refractivity contribution in [1.29, 1.82) is 0 Å². The highest BCUT2D eigenvalue weighted by molar-refractivity contribution is 9.10. The Bertz CT molecular complexity index is 2070. The number of aromatic nitrogens is 1. The molecule has 0 bridgehead atoms. The molecule has 2 heterocycles. The topological polar surface area (TPSA) is 66.6 Å². The van der Waals surface area contributed by atoms with E-state index in [0.29, 0.717) is 34.5 Å². The summed E-state index contributed by atoms with van der Waals surface area (Å²) >= 11 is 15.9. The molecule has 1 aliphatic heterocycles. The van der Waals surface area contributed by atoms with Gasteiger partial charge < -0.3 is 24.7 Å². The molecule has 45 heavy (non-hydrogen) atoms. The summed E-state index contributed by atoms with van der Waals surface area (Å²) in [6, 6.07) is 31.0. The summed E-state index contributed by atoms with van der Waals surface area (Å²) in [7, 11) is 1.68. The van der Waals surface area contributed by atoms with Crippen molar-refractivity contribution < 1.29 is 14.3 Å². The summed E-state index contributed by atoms with van der Waals surface area (Å²) in [5.74, 6) is 1.95. The molecule has 1 atom stereocenters. The van der Waals surface area contributed by atoms with Crippen LogP contribution in [0.25, 0.3) is 21.7 Å². The van der Waals surface area contributed by atoms with E-state index in [1.165, 1.54) is 5.56 Å². The van der Waals surface area contributed by atoms with Gasteiger partial charge in [-0.3, -0.25) is 0 Å². The van der Waals surface area contributed by atoms with Crippen molar-refractivity contribution in [2.75, 3.05) is 13.7 Å². The molecule has 5 aromatic carbocycles. The quantitative estimate of drug-likeness (QED) is 0.182. The van der Waals surface area contributed by atoms with E-state index in [2.05, 4.69) is 62.6 Å². The monoisotopic (exact) mass is 699 g/mol. The van der Waals surface area contributed by atoms with Crippen molar-refractivity contribution in [1.82, 2.24) is 15.2 Å². The number of ether oxygens (including phenoxy) is 2. The van der Waals surface area contributed by atoms with Crippen molar-refractivity contribution in [2.45, 2.75) is 19.0 Å². The third-order valence-electron chi connectivity index (χ3n) is 8.29. The minimum Gasteiger partial charge on any atom is -0.497 e. The zero-order valence-electron chi connectivity index (χ0n) is 24.2. The number of benzene rings is 5. The Kier molecular flexibility index (Phi) is 8.08. The number of carbonyl (C=O) groups excluding carboxylic acids is 1. The van der Waals surface area contributed by atoms with Gasteiger partial charge in [-0.25, -0.2) is 4.79 Å². The Balaban J connectivity index is 1.23. The van der Waals surface area contributed by atoms with E-state index in [1.807, 2.05) is 47.4 Å². The first-order valence-electron chi connectivity index (χ1n) is 14.5. The third kappa shape index (κ3) is 5.72. The van der Waals surface area contributed by atoms with E-state index in [1.54, 1.807) is 25.3 Å². The Morgan fingerprint density at radius 2 is 1.76 bits per heavy atom. The maximum absolute atomic E-state index is 14.1. The van der Waals surface area contributed by atoms with Crippen molar-refractivity contribution in [2.24, 2.45) is 0 Å². The molecule has 2 amide bonds. The second-order valence-corrected chi connectivity index (χ2v) is 12.7. The Labute approximate surface area is 279 Å². The van der Waals surface area contributed by atoms with Crippen LogP contribution in [0.15, 0.2) is 102 Å². The fourth-order valence-electron chi connectivity index (χ4n) is 6.13. The van der Waals surface area contributed by atoms with E-state index in [9.17, 15) is 4.79 Å². The highest BCUT2D eigenvalue weighted by Crippen LogP contribution is 2.41. The molecule has 0 saturated carbocycles. The van der Waals surface area contributed by atoms with Gasteiger partial charge in [0.1, 0.15) is 17.2 Å². The first kappa shape index (κ1) is 29.5. The highest BCUT2D eigenvalue weighted by Gasteiger charge is 2.35. The number of aromatic amines is 1. The van der Waals surface area contributed by atoms with Crippen LogP contribution in [-0.4, -0.2) is 29.6 Å².